The van der Waals surface area contributed by atoms with Crippen LogP contribution in [-0.4, -0.2) is 33.2 Å². The minimum absolute atomic E-state index is 0.0238. The Kier molecular flexibility index (Phi) is 4.39. The van der Waals surface area contributed by atoms with Gasteiger partial charge in [-0.3, -0.25) is 14.6 Å². The number of aromatic amines is 1. The van der Waals surface area contributed by atoms with Crippen LogP contribution in [0.1, 0.15) is 17.5 Å². The number of amides is 2. The molecule has 2 N–H and O–H groups in total. The van der Waals surface area contributed by atoms with Gasteiger partial charge in [0.15, 0.2) is 0 Å². The molecule has 2 amide bonds. The second-order valence-corrected chi connectivity index (χ2v) is 6.65. The number of nitrogens with zero attached hydrogens (tertiary/aromatic N) is 2. The molecule has 1 fully saturated rings. The van der Waals surface area contributed by atoms with E-state index in [0.717, 1.165) is 22.0 Å². The van der Waals surface area contributed by atoms with Crippen molar-refractivity contribution in [3.63, 3.8) is 0 Å². The summed E-state index contributed by atoms with van der Waals surface area (Å²) in [6.07, 6.45) is 5.59. The van der Waals surface area contributed by atoms with Crippen LogP contribution in [0.3, 0.4) is 0 Å². The molecule has 132 valence electrons. The summed E-state index contributed by atoms with van der Waals surface area (Å²) in [7, 11) is 0. The molecule has 1 aromatic carbocycles. The summed E-state index contributed by atoms with van der Waals surface area (Å²) in [5, 5.41) is 4.09. The highest BCUT2D eigenvalue weighted by Crippen LogP contribution is 2.20. The highest BCUT2D eigenvalue weighted by molar-refractivity contribution is 5.89. The van der Waals surface area contributed by atoms with Crippen LogP contribution in [0, 0.1) is 5.92 Å². The van der Waals surface area contributed by atoms with E-state index in [0.29, 0.717) is 19.6 Å². The van der Waals surface area contributed by atoms with Crippen molar-refractivity contribution in [2.45, 2.75) is 19.5 Å². The fourth-order valence-electron chi connectivity index (χ4n) is 3.36. The minimum Gasteiger partial charge on any atom is -0.361 e. The molecule has 0 spiro atoms. The van der Waals surface area contributed by atoms with E-state index < -0.39 is 0 Å². The lowest BCUT2D eigenvalue weighted by atomic mass is 10.1. The van der Waals surface area contributed by atoms with E-state index in [2.05, 4.69) is 21.4 Å². The van der Waals surface area contributed by atoms with E-state index in [4.69, 9.17) is 0 Å². The van der Waals surface area contributed by atoms with Crippen molar-refractivity contribution >= 4 is 22.7 Å². The molecule has 4 rings (SSSR count). The monoisotopic (exact) mass is 348 g/mol. The number of benzene rings is 1. The van der Waals surface area contributed by atoms with Gasteiger partial charge in [0, 0.05) is 50.2 Å². The maximum Gasteiger partial charge on any atom is 0.225 e. The molecule has 0 unspecified atom stereocenters. The van der Waals surface area contributed by atoms with Gasteiger partial charge >= 0.3 is 0 Å². The molecule has 1 saturated heterocycles. The van der Waals surface area contributed by atoms with E-state index in [1.807, 2.05) is 36.5 Å². The maximum atomic E-state index is 12.5. The number of fused-ring (bicyclic) bond motifs is 1. The molecular weight excluding hydrogens is 328 g/mol. The van der Waals surface area contributed by atoms with Crippen LogP contribution in [0.2, 0.25) is 0 Å². The Morgan fingerprint density at radius 3 is 2.88 bits per heavy atom. The predicted molar refractivity (Wildman–Crippen MR) is 97.9 cm³/mol. The van der Waals surface area contributed by atoms with Gasteiger partial charge in [-0.1, -0.05) is 6.07 Å². The summed E-state index contributed by atoms with van der Waals surface area (Å²) in [4.78, 5) is 33.6. The molecule has 0 bridgehead atoms. The Labute approximate surface area is 151 Å². The third-order valence-corrected chi connectivity index (χ3v) is 4.79. The van der Waals surface area contributed by atoms with Gasteiger partial charge in [-0.2, -0.15) is 0 Å². The molecule has 3 aromatic rings. The van der Waals surface area contributed by atoms with Crippen LogP contribution in [0.15, 0.2) is 55.0 Å². The van der Waals surface area contributed by atoms with E-state index in [1.54, 1.807) is 17.3 Å². The van der Waals surface area contributed by atoms with Crippen LogP contribution in [0.4, 0.5) is 0 Å². The molecule has 0 aliphatic carbocycles. The summed E-state index contributed by atoms with van der Waals surface area (Å²) >= 11 is 0. The largest absolute Gasteiger partial charge is 0.361 e. The highest BCUT2D eigenvalue weighted by atomic mass is 16.2. The smallest absolute Gasteiger partial charge is 0.225 e. The van der Waals surface area contributed by atoms with E-state index in [9.17, 15) is 9.59 Å². The van der Waals surface area contributed by atoms with Gasteiger partial charge in [-0.15, -0.1) is 0 Å². The maximum absolute atomic E-state index is 12.5. The normalized spacial score (nSPS) is 17.0. The number of hydrogen-bond donors (Lipinski definition) is 2. The van der Waals surface area contributed by atoms with Gasteiger partial charge in [0.05, 0.1) is 5.92 Å². The van der Waals surface area contributed by atoms with Crippen LogP contribution < -0.4 is 5.32 Å². The number of H-pyrrole nitrogens is 1. The number of rotatable bonds is 5. The molecule has 1 atom stereocenters. The second kappa shape index (κ2) is 7.00. The topological polar surface area (TPSA) is 78.1 Å². The molecular formula is C20H20N4O2. The van der Waals surface area contributed by atoms with Crippen molar-refractivity contribution in [1.82, 2.24) is 20.2 Å². The number of carbonyl (C=O) groups excluding carboxylic acids is 2. The standard InChI is InChI=1S/C20H20N4O2/c25-19-10-17(13-24(19)12-14-3-6-21-7-4-14)20(26)23-11-15-1-2-18-16(9-15)5-8-22-18/h1-9,17,22H,10-13H2,(H,23,26)/t17-/m0/s1. The van der Waals surface area contributed by atoms with Crippen LogP contribution in [0.5, 0.6) is 0 Å². The van der Waals surface area contributed by atoms with Crippen LogP contribution in [0.25, 0.3) is 10.9 Å². The molecule has 0 radical (unpaired) electrons. The number of nitrogens with one attached hydrogen (secondary N) is 2. The fourth-order valence-corrected chi connectivity index (χ4v) is 3.36. The average molecular weight is 348 g/mol. The number of pyridine rings is 1. The summed E-state index contributed by atoms with van der Waals surface area (Å²) in [5.41, 5.74) is 3.14. The molecule has 3 heterocycles. The minimum atomic E-state index is -0.291. The average Bonchev–Trinajstić information content (AvgIpc) is 3.27. The summed E-state index contributed by atoms with van der Waals surface area (Å²) in [6, 6.07) is 11.8. The number of carbonyl (C=O) groups is 2. The van der Waals surface area contributed by atoms with Crippen molar-refractivity contribution in [3.8, 4) is 0 Å². The zero-order valence-corrected chi connectivity index (χ0v) is 14.3. The third kappa shape index (κ3) is 3.44. The predicted octanol–water partition coefficient (Wildman–Crippen LogP) is 2.23. The molecule has 2 aromatic heterocycles. The summed E-state index contributed by atoms with van der Waals surface area (Å²) in [6.45, 7) is 1.45. The van der Waals surface area contributed by atoms with Crippen molar-refractivity contribution in [3.05, 3.63) is 66.1 Å². The Balaban J connectivity index is 1.34. The molecule has 26 heavy (non-hydrogen) atoms. The first kappa shape index (κ1) is 16.3. The van der Waals surface area contributed by atoms with Gasteiger partial charge in [0.1, 0.15) is 0 Å². The first-order chi connectivity index (χ1) is 12.7. The van der Waals surface area contributed by atoms with Crippen molar-refractivity contribution in [1.29, 1.82) is 0 Å². The Morgan fingerprint density at radius 1 is 1.19 bits per heavy atom. The highest BCUT2D eigenvalue weighted by Gasteiger charge is 2.34. The quantitative estimate of drug-likeness (QED) is 0.742. The first-order valence-electron chi connectivity index (χ1n) is 8.69. The van der Waals surface area contributed by atoms with Crippen LogP contribution in [-0.2, 0) is 22.7 Å². The molecule has 6 nitrogen and oxygen atoms in total. The lowest BCUT2D eigenvalue weighted by Crippen LogP contribution is -2.32. The van der Waals surface area contributed by atoms with E-state index in [1.165, 1.54) is 0 Å². The van der Waals surface area contributed by atoms with Crippen molar-refractivity contribution in [2.75, 3.05) is 6.54 Å². The summed E-state index contributed by atoms with van der Waals surface area (Å²) in [5.74, 6) is -0.333. The van der Waals surface area contributed by atoms with Gasteiger partial charge in [0.2, 0.25) is 11.8 Å². The number of hydrogen-bond acceptors (Lipinski definition) is 3. The molecule has 1 aliphatic rings. The van der Waals surface area contributed by atoms with E-state index in [-0.39, 0.29) is 24.2 Å². The molecule has 0 saturated carbocycles. The number of aromatic nitrogens is 2. The SMILES string of the molecule is O=C(NCc1ccc2[nH]ccc2c1)[C@H]1CC(=O)N(Cc2ccncc2)C1. The summed E-state index contributed by atoms with van der Waals surface area (Å²) < 4.78 is 0. The third-order valence-electron chi connectivity index (χ3n) is 4.79. The lowest BCUT2D eigenvalue weighted by Gasteiger charge is -2.16. The Morgan fingerprint density at radius 2 is 2.04 bits per heavy atom. The van der Waals surface area contributed by atoms with E-state index >= 15 is 0 Å². The van der Waals surface area contributed by atoms with Gasteiger partial charge in [-0.25, -0.2) is 0 Å². The molecule has 6 heteroatoms. The van der Waals surface area contributed by atoms with Gasteiger partial charge in [0.25, 0.3) is 0 Å². The zero-order chi connectivity index (χ0) is 17.9. The Hall–Kier alpha value is -3.15. The first-order valence-corrected chi connectivity index (χ1v) is 8.69. The Bertz CT molecular complexity index is 935. The van der Waals surface area contributed by atoms with Crippen molar-refractivity contribution < 1.29 is 9.59 Å². The zero-order valence-electron chi connectivity index (χ0n) is 14.3. The van der Waals surface area contributed by atoms with Gasteiger partial charge < -0.3 is 15.2 Å². The number of likely N-dealkylation sites (tertiary alicyclic amines) is 1. The second-order valence-electron chi connectivity index (χ2n) is 6.65. The molecule has 1 aliphatic heterocycles. The fraction of sp³-hybridized carbons (Fsp3) is 0.250. The lowest BCUT2D eigenvalue weighted by molar-refractivity contribution is -0.129. The van der Waals surface area contributed by atoms with Crippen LogP contribution >= 0.6 is 0 Å². The van der Waals surface area contributed by atoms with Crippen molar-refractivity contribution in [2.24, 2.45) is 5.92 Å². The van der Waals surface area contributed by atoms with Gasteiger partial charge in [-0.05, 0) is 46.8 Å².